The number of carbonyl (C=O) groups is 1. The summed E-state index contributed by atoms with van der Waals surface area (Å²) in [5.74, 6) is 0.778. The number of guanidine groups is 1. The summed E-state index contributed by atoms with van der Waals surface area (Å²) in [4.78, 5) is 15.9. The molecule has 6 nitrogen and oxygen atoms in total. The van der Waals surface area contributed by atoms with Crippen LogP contribution in [0.5, 0.6) is 0 Å². The Labute approximate surface area is 178 Å². The van der Waals surface area contributed by atoms with E-state index in [-0.39, 0.29) is 40.8 Å². The molecule has 1 aromatic rings. The van der Waals surface area contributed by atoms with Crippen LogP contribution in [0.1, 0.15) is 33.3 Å². The SMILES string of the molecule is CN=C(NCc1ccc(NC(=O)NC(C)C)cc1)NCC(C)(C)SC.I. The first-order chi connectivity index (χ1) is 11.8. The van der Waals surface area contributed by atoms with E-state index >= 15 is 0 Å². The van der Waals surface area contributed by atoms with E-state index in [9.17, 15) is 4.79 Å². The van der Waals surface area contributed by atoms with Gasteiger partial charge in [0.05, 0.1) is 0 Å². The number of anilines is 1. The fraction of sp³-hybridized carbons (Fsp3) is 0.556. The molecule has 8 heteroatoms. The number of nitrogens with zero attached hydrogens (tertiary/aromatic N) is 1. The third-order valence-electron chi connectivity index (χ3n) is 3.55. The van der Waals surface area contributed by atoms with Gasteiger partial charge in [0.1, 0.15) is 0 Å². The minimum Gasteiger partial charge on any atom is -0.355 e. The van der Waals surface area contributed by atoms with Gasteiger partial charge in [0.25, 0.3) is 0 Å². The number of urea groups is 1. The topological polar surface area (TPSA) is 77.5 Å². The molecular formula is C18H32IN5OS. The van der Waals surface area contributed by atoms with Gasteiger partial charge in [-0.2, -0.15) is 11.8 Å². The molecule has 0 radical (unpaired) electrons. The minimum atomic E-state index is -0.193. The summed E-state index contributed by atoms with van der Waals surface area (Å²) in [7, 11) is 1.77. The van der Waals surface area contributed by atoms with Crippen LogP contribution in [0.3, 0.4) is 0 Å². The van der Waals surface area contributed by atoms with E-state index in [0.29, 0.717) is 6.54 Å². The van der Waals surface area contributed by atoms with Crippen molar-refractivity contribution in [2.45, 2.75) is 45.0 Å². The third kappa shape index (κ3) is 10.1. The highest BCUT2D eigenvalue weighted by atomic mass is 127. The van der Waals surface area contributed by atoms with E-state index < -0.39 is 0 Å². The lowest BCUT2D eigenvalue weighted by Gasteiger charge is -2.23. The standard InChI is InChI=1S/C18H31N5OS.HI/c1-13(2)22-17(24)23-15-9-7-14(8-10-15)11-20-16(19-5)21-12-18(3,4)25-6;/h7-10,13H,11-12H2,1-6H3,(H2,19,20,21)(H2,22,23,24);1H. The second-order valence-corrected chi connectivity index (χ2v) is 8.21. The number of benzene rings is 1. The van der Waals surface area contributed by atoms with Crippen LogP contribution in [0.4, 0.5) is 10.5 Å². The van der Waals surface area contributed by atoms with Crippen molar-refractivity contribution in [2.75, 3.05) is 25.2 Å². The largest absolute Gasteiger partial charge is 0.355 e. The maximum absolute atomic E-state index is 11.7. The van der Waals surface area contributed by atoms with Gasteiger partial charge in [0.15, 0.2) is 5.96 Å². The van der Waals surface area contributed by atoms with Gasteiger partial charge in [-0.05, 0) is 51.6 Å². The molecule has 0 saturated heterocycles. The first kappa shape index (κ1) is 24.8. The number of nitrogens with one attached hydrogen (secondary N) is 4. The van der Waals surface area contributed by atoms with E-state index in [1.54, 1.807) is 7.05 Å². The number of amides is 2. The van der Waals surface area contributed by atoms with Gasteiger partial charge in [0.2, 0.25) is 0 Å². The first-order valence-corrected chi connectivity index (χ1v) is 9.64. The highest BCUT2D eigenvalue weighted by Gasteiger charge is 2.16. The van der Waals surface area contributed by atoms with Crippen molar-refractivity contribution in [3.8, 4) is 0 Å². The number of carbonyl (C=O) groups excluding carboxylic acids is 1. The Hall–Kier alpha value is -1.16. The van der Waals surface area contributed by atoms with E-state index in [2.05, 4.69) is 46.4 Å². The number of hydrogen-bond donors (Lipinski definition) is 4. The molecule has 0 spiro atoms. The number of rotatable bonds is 7. The number of hydrogen-bond acceptors (Lipinski definition) is 3. The number of halogens is 1. The summed E-state index contributed by atoms with van der Waals surface area (Å²) in [6.07, 6.45) is 2.11. The average Bonchev–Trinajstić information content (AvgIpc) is 2.55. The Bertz CT molecular complexity index is 575. The molecule has 4 N–H and O–H groups in total. The molecule has 0 bridgehead atoms. The van der Waals surface area contributed by atoms with Gasteiger partial charge in [-0.1, -0.05) is 12.1 Å². The second-order valence-electron chi connectivity index (χ2n) is 6.69. The molecule has 0 aromatic heterocycles. The van der Waals surface area contributed by atoms with Gasteiger partial charge < -0.3 is 21.3 Å². The van der Waals surface area contributed by atoms with Crippen molar-refractivity contribution in [1.82, 2.24) is 16.0 Å². The van der Waals surface area contributed by atoms with Gasteiger partial charge in [-0.25, -0.2) is 4.79 Å². The quantitative estimate of drug-likeness (QED) is 0.266. The van der Waals surface area contributed by atoms with E-state index in [1.807, 2.05) is 49.9 Å². The van der Waals surface area contributed by atoms with Crippen LogP contribution in [-0.2, 0) is 6.54 Å². The monoisotopic (exact) mass is 493 g/mol. The molecule has 0 aliphatic heterocycles. The zero-order valence-electron chi connectivity index (χ0n) is 16.5. The van der Waals surface area contributed by atoms with E-state index in [4.69, 9.17) is 0 Å². The molecule has 0 fully saturated rings. The molecule has 0 aliphatic rings. The summed E-state index contributed by atoms with van der Waals surface area (Å²) in [6, 6.07) is 7.67. The van der Waals surface area contributed by atoms with Crippen molar-refractivity contribution >= 4 is 53.4 Å². The Morgan fingerprint density at radius 3 is 2.31 bits per heavy atom. The molecule has 26 heavy (non-hydrogen) atoms. The summed E-state index contributed by atoms with van der Waals surface area (Å²) in [5.41, 5.74) is 1.88. The zero-order valence-corrected chi connectivity index (χ0v) is 19.6. The molecule has 0 saturated carbocycles. The van der Waals surface area contributed by atoms with Crippen LogP contribution in [0.25, 0.3) is 0 Å². The molecule has 1 rings (SSSR count). The highest BCUT2D eigenvalue weighted by molar-refractivity contribution is 14.0. The fourth-order valence-electron chi connectivity index (χ4n) is 1.91. The predicted octanol–water partition coefficient (Wildman–Crippen LogP) is 3.64. The maximum atomic E-state index is 11.7. The van der Waals surface area contributed by atoms with Gasteiger partial charge in [-0.15, -0.1) is 24.0 Å². The lowest BCUT2D eigenvalue weighted by molar-refractivity contribution is 0.250. The molecule has 1 aromatic carbocycles. The van der Waals surface area contributed by atoms with Gasteiger partial charge in [0, 0.05) is 36.6 Å². The summed E-state index contributed by atoms with van der Waals surface area (Å²) < 4.78 is 0.154. The minimum absolute atomic E-state index is 0. The molecule has 0 heterocycles. The Morgan fingerprint density at radius 2 is 1.81 bits per heavy atom. The van der Waals surface area contributed by atoms with Crippen molar-refractivity contribution in [3.63, 3.8) is 0 Å². The normalized spacial score (nSPS) is 11.6. The zero-order chi connectivity index (χ0) is 18.9. The van der Waals surface area contributed by atoms with E-state index in [0.717, 1.165) is 23.8 Å². The fourth-order valence-corrected chi connectivity index (χ4v) is 2.13. The molecular weight excluding hydrogens is 461 g/mol. The number of thioether (sulfide) groups is 1. The molecule has 0 atom stereocenters. The van der Waals surface area contributed by atoms with Crippen molar-refractivity contribution in [1.29, 1.82) is 0 Å². The van der Waals surface area contributed by atoms with E-state index in [1.165, 1.54) is 0 Å². The van der Waals surface area contributed by atoms with Gasteiger partial charge in [-0.3, -0.25) is 4.99 Å². The molecule has 2 amide bonds. The predicted molar refractivity (Wildman–Crippen MR) is 125 cm³/mol. The molecule has 0 aliphatic carbocycles. The van der Waals surface area contributed by atoms with Crippen molar-refractivity contribution in [3.05, 3.63) is 29.8 Å². The third-order valence-corrected chi connectivity index (χ3v) is 4.80. The lowest BCUT2D eigenvalue weighted by atomic mass is 10.2. The second kappa shape index (κ2) is 12.3. The van der Waals surface area contributed by atoms with Gasteiger partial charge >= 0.3 is 6.03 Å². The van der Waals surface area contributed by atoms with Crippen LogP contribution in [0, 0.1) is 0 Å². The highest BCUT2D eigenvalue weighted by Crippen LogP contribution is 2.19. The van der Waals surface area contributed by atoms with Crippen molar-refractivity contribution in [2.24, 2.45) is 4.99 Å². The van der Waals surface area contributed by atoms with Crippen LogP contribution in [0.2, 0.25) is 0 Å². The number of aliphatic imine (C=N–C) groups is 1. The summed E-state index contributed by atoms with van der Waals surface area (Å²) >= 11 is 1.82. The Morgan fingerprint density at radius 1 is 1.19 bits per heavy atom. The Kier molecular flexibility index (Phi) is 11.7. The van der Waals surface area contributed by atoms with Crippen molar-refractivity contribution < 1.29 is 4.79 Å². The van der Waals surface area contributed by atoms with Crippen LogP contribution in [-0.4, -0.2) is 42.6 Å². The average molecular weight is 493 g/mol. The molecule has 148 valence electrons. The maximum Gasteiger partial charge on any atom is 0.319 e. The summed E-state index contributed by atoms with van der Waals surface area (Å²) in [5, 5.41) is 12.2. The summed E-state index contributed by atoms with van der Waals surface area (Å²) in [6.45, 7) is 9.74. The van der Waals surface area contributed by atoms with Crippen LogP contribution >= 0.6 is 35.7 Å². The first-order valence-electron chi connectivity index (χ1n) is 8.42. The Balaban J connectivity index is 0.00000625. The van der Waals surface area contributed by atoms with Crippen LogP contribution in [0.15, 0.2) is 29.3 Å². The lowest BCUT2D eigenvalue weighted by Crippen LogP contribution is -2.42. The van der Waals surface area contributed by atoms with Crippen LogP contribution < -0.4 is 21.3 Å². The smallest absolute Gasteiger partial charge is 0.319 e. The molecule has 0 unspecified atom stereocenters.